The zero-order valence-corrected chi connectivity index (χ0v) is 12.5. The first kappa shape index (κ1) is 16.2. The number of rotatable bonds is 4. The SMILES string of the molecule is Cc1ccc(NC(=O)c2cc([N+](=O)[O-])ccc2C(=O)O)c(C)c1. The molecule has 2 rings (SSSR count). The number of hydrogen-bond acceptors (Lipinski definition) is 4. The van der Waals surface area contributed by atoms with Crippen molar-refractivity contribution in [3.63, 3.8) is 0 Å². The van der Waals surface area contributed by atoms with Gasteiger partial charge in [0.25, 0.3) is 11.6 Å². The van der Waals surface area contributed by atoms with Gasteiger partial charge in [0.15, 0.2) is 0 Å². The van der Waals surface area contributed by atoms with Gasteiger partial charge in [-0.2, -0.15) is 0 Å². The second-order valence-corrected chi connectivity index (χ2v) is 5.06. The molecule has 1 amide bonds. The standard InChI is InChI=1S/C16H14N2O5/c1-9-3-6-14(10(2)7-9)17-15(19)13-8-11(18(22)23)4-5-12(13)16(20)21/h3-8H,1-2H3,(H,17,19)(H,20,21). The molecule has 0 fully saturated rings. The van der Waals surface area contributed by atoms with Crippen molar-refractivity contribution < 1.29 is 19.6 Å². The lowest BCUT2D eigenvalue weighted by atomic mass is 10.0. The molecular weight excluding hydrogens is 300 g/mol. The van der Waals surface area contributed by atoms with E-state index in [0.717, 1.165) is 29.3 Å². The number of amides is 1. The molecule has 0 saturated carbocycles. The van der Waals surface area contributed by atoms with Crippen LogP contribution in [0.2, 0.25) is 0 Å². The van der Waals surface area contributed by atoms with E-state index in [4.69, 9.17) is 5.11 Å². The summed E-state index contributed by atoms with van der Waals surface area (Å²) in [5.74, 6) is -2.04. The Balaban J connectivity index is 2.42. The van der Waals surface area contributed by atoms with Gasteiger partial charge in [-0.25, -0.2) is 4.79 Å². The fourth-order valence-corrected chi connectivity index (χ4v) is 2.16. The molecule has 0 heterocycles. The quantitative estimate of drug-likeness (QED) is 0.665. The molecule has 7 heteroatoms. The molecule has 0 saturated heterocycles. The van der Waals surface area contributed by atoms with Crippen molar-refractivity contribution in [2.24, 2.45) is 0 Å². The van der Waals surface area contributed by atoms with E-state index in [1.165, 1.54) is 0 Å². The normalized spacial score (nSPS) is 10.2. The van der Waals surface area contributed by atoms with Crippen LogP contribution in [0.4, 0.5) is 11.4 Å². The highest BCUT2D eigenvalue weighted by Crippen LogP contribution is 2.21. The highest BCUT2D eigenvalue weighted by Gasteiger charge is 2.21. The minimum Gasteiger partial charge on any atom is -0.478 e. The number of aromatic carboxylic acids is 1. The number of nitro groups is 1. The minimum absolute atomic E-state index is 0.258. The molecule has 2 aromatic rings. The number of nitrogens with one attached hydrogen (secondary N) is 1. The molecule has 7 nitrogen and oxygen atoms in total. The molecule has 0 aliphatic carbocycles. The van der Waals surface area contributed by atoms with Gasteiger partial charge in [-0.3, -0.25) is 14.9 Å². The van der Waals surface area contributed by atoms with E-state index in [2.05, 4.69) is 5.32 Å². The first-order valence-electron chi connectivity index (χ1n) is 6.70. The molecular formula is C16H14N2O5. The fraction of sp³-hybridized carbons (Fsp3) is 0.125. The van der Waals surface area contributed by atoms with Crippen LogP contribution in [0.3, 0.4) is 0 Å². The second kappa shape index (κ2) is 6.27. The zero-order chi connectivity index (χ0) is 17.1. The van der Waals surface area contributed by atoms with Gasteiger partial charge in [0, 0.05) is 17.8 Å². The summed E-state index contributed by atoms with van der Waals surface area (Å²) >= 11 is 0. The number of carbonyl (C=O) groups is 2. The number of nitro benzene ring substituents is 1. The van der Waals surface area contributed by atoms with Crippen LogP contribution >= 0.6 is 0 Å². The molecule has 0 aliphatic heterocycles. The van der Waals surface area contributed by atoms with Crippen LogP contribution in [0.15, 0.2) is 36.4 Å². The van der Waals surface area contributed by atoms with Gasteiger partial charge in [-0.05, 0) is 31.5 Å². The molecule has 0 aliphatic rings. The van der Waals surface area contributed by atoms with Crippen molar-refractivity contribution >= 4 is 23.3 Å². The zero-order valence-electron chi connectivity index (χ0n) is 12.5. The summed E-state index contributed by atoms with van der Waals surface area (Å²) in [6.07, 6.45) is 0. The first-order chi connectivity index (χ1) is 10.8. The Morgan fingerprint density at radius 2 is 1.78 bits per heavy atom. The Kier molecular flexibility index (Phi) is 4.40. The van der Waals surface area contributed by atoms with Gasteiger partial charge in [0.2, 0.25) is 0 Å². The smallest absolute Gasteiger partial charge is 0.336 e. The highest BCUT2D eigenvalue weighted by molar-refractivity contribution is 6.11. The molecule has 0 spiro atoms. The summed E-state index contributed by atoms with van der Waals surface area (Å²) in [6.45, 7) is 3.70. The average Bonchev–Trinajstić information content (AvgIpc) is 2.49. The molecule has 118 valence electrons. The molecule has 0 unspecified atom stereocenters. The van der Waals surface area contributed by atoms with E-state index in [0.29, 0.717) is 5.69 Å². The van der Waals surface area contributed by atoms with E-state index < -0.39 is 16.8 Å². The number of benzene rings is 2. The number of nitrogens with zero attached hydrogens (tertiary/aromatic N) is 1. The number of non-ortho nitro benzene ring substituents is 1. The largest absolute Gasteiger partial charge is 0.478 e. The fourth-order valence-electron chi connectivity index (χ4n) is 2.16. The van der Waals surface area contributed by atoms with Crippen LogP contribution in [-0.4, -0.2) is 21.9 Å². The van der Waals surface area contributed by atoms with Gasteiger partial charge >= 0.3 is 5.97 Å². The maximum atomic E-state index is 12.4. The van der Waals surface area contributed by atoms with Gasteiger partial charge < -0.3 is 10.4 Å². The maximum absolute atomic E-state index is 12.4. The summed E-state index contributed by atoms with van der Waals surface area (Å²) in [6, 6.07) is 8.42. The average molecular weight is 314 g/mol. The van der Waals surface area contributed by atoms with Gasteiger partial charge in [0.05, 0.1) is 16.1 Å². The lowest BCUT2D eigenvalue weighted by Gasteiger charge is -2.10. The topological polar surface area (TPSA) is 110 Å². The molecule has 0 atom stereocenters. The van der Waals surface area contributed by atoms with Crippen LogP contribution in [0, 0.1) is 24.0 Å². The summed E-state index contributed by atoms with van der Waals surface area (Å²) < 4.78 is 0. The Morgan fingerprint density at radius 1 is 1.09 bits per heavy atom. The Bertz CT molecular complexity index is 814. The van der Waals surface area contributed by atoms with E-state index >= 15 is 0 Å². The second-order valence-electron chi connectivity index (χ2n) is 5.06. The van der Waals surface area contributed by atoms with Gasteiger partial charge in [0.1, 0.15) is 0 Å². The van der Waals surface area contributed by atoms with Crippen molar-refractivity contribution in [3.8, 4) is 0 Å². The van der Waals surface area contributed by atoms with E-state index in [1.54, 1.807) is 19.1 Å². The number of anilines is 1. The Hall–Kier alpha value is -3.22. The summed E-state index contributed by atoms with van der Waals surface area (Å²) in [7, 11) is 0. The van der Waals surface area contributed by atoms with Gasteiger partial charge in [-0.15, -0.1) is 0 Å². The molecule has 2 N–H and O–H groups in total. The van der Waals surface area contributed by atoms with Crippen LogP contribution in [0.5, 0.6) is 0 Å². The lowest BCUT2D eigenvalue weighted by Crippen LogP contribution is -2.17. The Morgan fingerprint density at radius 3 is 2.35 bits per heavy atom. The predicted octanol–water partition coefficient (Wildman–Crippen LogP) is 3.16. The Labute approximate surface area is 131 Å². The van der Waals surface area contributed by atoms with Crippen LogP contribution in [-0.2, 0) is 0 Å². The highest BCUT2D eigenvalue weighted by atomic mass is 16.6. The molecule has 0 radical (unpaired) electrons. The van der Waals surface area contributed by atoms with Gasteiger partial charge in [-0.1, -0.05) is 17.7 Å². The number of hydrogen-bond donors (Lipinski definition) is 2. The molecule has 23 heavy (non-hydrogen) atoms. The molecule has 0 bridgehead atoms. The third-order valence-electron chi connectivity index (χ3n) is 3.32. The lowest BCUT2D eigenvalue weighted by molar-refractivity contribution is -0.384. The van der Waals surface area contributed by atoms with Crippen molar-refractivity contribution in [1.29, 1.82) is 0 Å². The summed E-state index contributed by atoms with van der Waals surface area (Å²) in [4.78, 5) is 33.7. The van der Waals surface area contributed by atoms with Crippen molar-refractivity contribution in [1.82, 2.24) is 0 Å². The number of carbonyl (C=O) groups excluding carboxylic acids is 1. The van der Waals surface area contributed by atoms with Crippen molar-refractivity contribution in [2.75, 3.05) is 5.32 Å². The number of aryl methyl sites for hydroxylation is 2. The van der Waals surface area contributed by atoms with Crippen LogP contribution < -0.4 is 5.32 Å². The van der Waals surface area contributed by atoms with Crippen LogP contribution in [0.1, 0.15) is 31.8 Å². The van der Waals surface area contributed by atoms with E-state index in [9.17, 15) is 19.7 Å². The first-order valence-corrected chi connectivity index (χ1v) is 6.70. The predicted molar refractivity (Wildman–Crippen MR) is 83.9 cm³/mol. The summed E-state index contributed by atoms with van der Waals surface area (Å²) in [5, 5.41) is 22.6. The monoisotopic (exact) mass is 314 g/mol. The maximum Gasteiger partial charge on any atom is 0.336 e. The van der Waals surface area contributed by atoms with E-state index in [1.807, 2.05) is 13.0 Å². The van der Waals surface area contributed by atoms with Crippen LogP contribution in [0.25, 0.3) is 0 Å². The van der Waals surface area contributed by atoms with Crippen molar-refractivity contribution in [2.45, 2.75) is 13.8 Å². The van der Waals surface area contributed by atoms with Crippen molar-refractivity contribution in [3.05, 3.63) is 68.8 Å². The summed E-state index contributed by atoms with van der Waals surface area (Å²) in [5.41, 5.74) is 1.44. The number of carboxylic acids is 1. The third-order valence-corrected chi connectivity index (χ3v) is 3.32. The minimum atomic E-state index is -1.33. The molecule has 2 aromatic carbocycles. The van der Waals surface area contributed by atoms with E-state index in [-0.39, 0.29) is 16.8 Å². The third kappa shape index (κ3) is 3.52. The number of carboxylic acid groups (broad SMARTS) is 1. The molecule has 0 aromatic heterocycles.